The van der Waals surface area contributed by atoms with Gasteiger partial charge in [0.2, 0.25) is 0 Å². The van der Waals surface area contributed by atoms with E-state index in [1.807, 2.05) is 22.8 Å². The third kappa shape index (κ3) is 4.09. The third-order valence-electron chi connectivity index (χ3n) is 6.57. The lowest BCUT2D eigenvalue weighted by Crippen LogP contribution is -2.30. The smallest absolute Gasteiger partial charge is 0.387 e. The fourth-order valence-electron chi connectivity index (χ4n) is 5.01. The standard InChI is InChI=1S/C25H26F2N5O3P/c1-31-20-10-19(22-16(24(31)33)5-4-6-21(22)35-25(26)27)32-18-9-14(7-8-17(18)30-23(20)32)15(11-28)12-29-13-36(2,3)34/h4-9,11-12,19-20,25H,10,13,28H2,1-3H3/b15-11+,29-12+. The van der Waals surface area contributed by atoms with Gasteiger partial charge in [0.05, 0.1) is 29.4 Å². The van der Waals surface area contributed by atoms with E-state index in [2.05, 4.69) is 4.99 Å². The molecule has 8 nitrogen and oxygen atoms in total. The van der Waals surface area contributed by atoms with Crippen LogP contribution in [0.4, 0.5) is 8.78 Å². The Morgan fingerprint density at radius 2 is 2.08 bits per heavy atom. The zero-order chi connectivity index (χ0) is 25.8. The van der Waals surface area contributed by atoms with Crippen molar-refractivity contribution in [3.8, 4) is 5.75 Å². The van der Waals surface area contributed by atoms with Crippen LogP contribution in [0.25, 0.3) is 16.6 Å². The van der Waals surface area contributed by atoms with Gasteiger partial charge in [-0.3, -0.25) is 9.79 Å². The number of alkyl halides is 2. The number of hydrogen-bond acceptors (Lipinski definition) is 6. The molecule has 188 valence electrons. The van der Waals surface area contributed by atoms with E-state index in [-0.39, 0.29) is 24.0 Å². The Morgan fingerprint density at radius 1 is 1.31 bits per heavy atom. The van der Waals surface area contributed by atoms with Crippen molar-refractivity contribution < 1.29 is 22.9 Å². The van der Waals surface area contributed by atoms with Crippen molar-refractivity contribution in [3.05, 3.63) is 65.1 Å². The lowest BCUT2D eigenvalue weighted by Gasteiger charge is -2.24. The number of nitrogens with zero attached hydrogens (tertiary/aromatic N) is 4. The quantitative estimate of drug-likeness (QED) is 0.380. The largest absolute Gasteiger partial charge is 0.434 e. The summed E-state index contributed by atoms with van der Waals surface area (Å²) in [4.78, 5) is 23.9. The second-order valence-electron chi connectivity index (χ2n) is 9.47. The second kappa shape index (κ2) is 8.85. The molecule has 0 saturated heterocycles. The number of nitrogens with two attached hydrogens (primary N) is 1. The van der Waals surface area contributed by atoms with E-state index in [9.17, 15) is 18.1 Å². The number of aliphatic imine (C=N–C) groups is 1. The predicted molar refractivity (Wildman–Crippen MR) is 135 cm³/mol. The molecule has 1 aromatic heterocycles. The molecule has 2 aliphatic rings. The van der Waals surface area contributed by atoms with Gasteiger partial charge in [0, 0.05) is 42.6 Å². The predicted octanol–water partition coefficient (Wildman–Crippen LogP) is 4.71. The molecular weight excluding hydrogens is 487 g/mol. The number of carbonyl (C=O) groups is 1. The summed E-state index contributed by atoms with van der Waals surface area (Å²) in [5.41, 5.74) is 9.56. The summed E-state index contributed by atoms with van der Waals surface area (Å²) in [5.74, 6) is 0.411. The molecule has 0 aliphatic carbocycles. The van der Waals surface area contributed by atoms with E-state index in [0.29, 0.717) is 34.5 Å². The molecule has 2 atom stereocenters. The van der Waals surface area contributed by atoms with E-state index in [1.54, 1.807) is 43.6 Å². The minimum Gasteiger partial charge on any atom is -0.434 e. The maximum absolute atomic E-state index is 13.3. The van der Waals surface area contributed by atoms with Crippen LogP contribution in [0.15, 0.2) is 47.6 Å². The molecule has 5 rings (SSSR count). The van der Waals surface area contributed by atoms with Crippen LogP contribution >= 0.6 is 7.14 Å². The fourth-order valence-corrected chi connectivity index (χ4v) is 5.48. The van der Waals surface area contributed by atoms with Gasteiger partial charge in [-0.15, -0.1) is 0 Å². The minimum atomic E-state index is -3.02. The molecular formula is C25H26F2N5O3P. The summed E-state index contributed by atoms with van der Waals surface area (Å²) in [7, 11) is -0.615. The Morgan fingerprint density at radius 3 is 2.78 bits per heavy atom. The molecule has 36 heavy (non-hydrogen) atoms. The Hall–Kier alpha value is -3.52. The van der Waals surface area contributed by atoms with Crippen LogP contribution in [-0.2, 0) is 4.57 Å². The first kappa shape index (κ1) is 24.2. The highest BCUT2D eigenvalue weighted by molar-refractivity contribution is 7.62. The number of imidazole rings is 1. The lowest BCUT2D eigenvalue weighted by atomic mass is 9.97. The van der Waals surface area contributed by atoms with Crippen LogP contribution in [0.1, 0.15) is 45.8 Å². The summed E-state index contributed by atoms with van der Waals surface area (Å²) < 4.78 is 45.4. The summed E-state index contributed by atoms with van der Waals surface area (Å²) in [6.07, 6.45) is 3.73. The van der Waals surface area contributed by atoms with Crippen molar-refractivity contribution >= 4 is 35.9 Å². The average molecular weight is 513 g/mol. The minimum absolute atomic E-state index is 0.0148. The van der Waals surface area contributed by atoms with Gasteiger partial charge < -0.3 is 24.5 Å². The van der Waals surface area contributed by atoms with Crippen molar-refractivity contribution in [1.82, 2.24) is 14.5 Å². The molecule has 2 bridgehead atoms. The summed E-state index contributed by atoms with van der Waals surface area (Å²) in [5, 5.41) is 0. The van der Waals surface area contributed by atoms with E-state index in [4.69, 9.17) is 15.5 Å². The van der Waals surface area contributed by atoms with Gasteiger partial charge in [0.1, 0.15) is 18.7 Å². The Labute approximate surface area is 206 Å². The van der Waals surface area contributed by atoms with Gasteiger partial charge in [0.25, 0.3) is 5.91 Å². The highest BCUT2D eigenvalue weighted by Gasteiger charge is 2.45. The highest BCUT2D eigenvalue weighted by Crippen LogP contribution is 2.50. The summed E-state index contributed by atoms with van der Waals surface area (Å²) >= 11 is 0. The van der Waals surface area contributed by atoms with Crippen molar-refractivity contribution in [2.75, 3.05) is 26.7 Å². The van der Waals surface area contributed by atoms with Crippen LogP contribution < -0.4 is 10.5 Å². The van der Waals surface area contributed by atoms with Gasteiger partial charge in [-0.25, -0.2) is 4.98 Å². The van der Waals surface area contributed by atoms with Crippen molar-refractivity contribution in [2.24, 2.45) is 10.7 Å². The van der Waals surface area contributed by atoms with Crippen LogP contribution in [-0.4, -0.2) is 59.8 Å². The van der Waals surface area contributed by atoms with Crippen molar-refractivity contribution in [3.63, 3.8) is 0 Å². The monoisotopic (exact) mass is 513 g/mol. The molecule has 3 heterocycles. The van der Waals surface area contributed by atoms with E-state index in [0.717, 1.165) is 11.1 Å². The van der Waals surface area contributed by atoms with Crippen LogP contribution in [0.3, 0.4) is 0 Å². The lowest BCUT2D eigenvalue weighted by molar-refractivity contribution is -0.0507. The molecule has 2 aliphatic heterocycles. The van der Waals surface area contributed by atoms with E-state index in [1.165, 1.54) is 12.3 Å². The number of aromatic nitrogens is 2. The number of rotatable bonds is 6. The second-order valence-corrected chi connectivity index (χ2v) is 12.9. The van der Waals surface area contributed by atoms with Gasteiger partial charge in [-0.2, -0.15) is 8.78 Å². The summed E-state index contributed by atoms with van der Waals surface area (Å²) in [6, 6.07) is 9.56. The molecule has 2 aromatic carbocycles. The van der Waals surface area contributed by atoms with Crippen LogP contribution in [0.2, 0.25) is 0 Å². The first-order chi connectivity index (χ1) is 17.1. The van der Waals surface area contributed by atoms with Crippen molar-refractivity contribution in [2.45, 2.75) is 25.1 Å². The molecule has 0 fully saturated rings. The van der Waals surface area contributed by atoms with Gasteiger partial charge in [0.15, 0.2) is 0 Å². The number of hydrogen-bond donors (Lipinski definition) is 1. The normalized spacial score (nSPS) is 19.8. The number of allylic oxidation sites excluding steroid dienone is 1. The molecule has 2 unspecified atom stereocenters. The van der Waals surface area contributed by atoms with Gasteiger partial charge in [-0.1, -0.05) is 12.1 Å². The highest BCUT2D eigenvalue weighted by atomic mass is 31.2. The maximum Gasteiger partial charge on any atom is 0.387 e. The first-order valence-corrected chi connectivity index (χ1v) is 14.2. The Bertz CT molecular complexity index is 1480. The molecule has 2 N–H and O–H groups in total. The number of carbonyl (C=O) groups excluding carboxylic acids is 1. The number of ether oxygens (including phenoxy) is 1. The first-order valence-electron chi connectivity index (χ1n) is 11.4. The summed E-state index contributed by atoms with van der Waals surface area (Å²) in [6.45, 7) is 0.321. The van der Waals surface area contributed by atoms with Gasteiger partial charge in [-0.05, 0) is 43.2 Å². The fraction of sp³-hybridized carbons (Fsp3) is 0.320. The Balaban J connectivity index is 1.66. The molecule has 11 heteroatoms. The van der Waals surface area contributed by atoms with Crippen molar-refractivity contribution in [1.29, 1.82) is 0 Å². The zero-order valence-electron chi connectivity index (χ0n) is 20.1. The zero-order valence-corrected chi connectivity index (χ0v) is 21.0. The average Bonchev–Trinajstić information content (AvgIpc) is 3.33. The van der Waals surface area contributed by atoms with Gasteiger partial charge >= 0.3 is 6.61 Å². The molecule has 3 aromatic rings. The topological polar surface area (TPSA) is 103 Å². The molecule has 1 amide bonds. The van der Waals surface area contributed by atoms with Crippen LogP contribution in [0.5, 0.6) is 5.75 Å². The number of benzene rings is 2. The third-order valence-corrected chi connectivity index (χ3v) is 7.42. The molecule has 0 radical (unpaired) electrons. The van der Waals surface area contributed by atoms with Crippen LogP contribution in [0, 0.1) is 0 Å². The maximum atomic E-state index is 13.3. The Kier molecular flexibility index (Phi) is 5.95. The van der Waals surface area contributed by atoms with E-state index < -0.39 is 19.8 Å². The molecule has 0 saturated carbocycles. The number of amides is 1. The number of halogens is 2. The number of fused-ring (bicyclic) bond motifs is 9. The molecule has 0 spiro atoms. The SMILES string of the molecule is CN1C(=O)c2cccc(OC(F)F)c2C2CC1c1nc3ccc(C(=C/N)/C=N/CP(C)(C)=O)cc3n12. The van der Waals surface area contributed by atoms with E-state index >= 15 is 0 Å².